The van der Waals surface area contributed by atoms with Crippen molar-refractivity contribution in [2.75, 3.05) is 29.5 Å². The Bertz CT molecular complexity index is 1540. The van der Waals surface area contributed by atoms with Crippen LogP contribution in [0.3, 0.4) is 0 Å². The molecule has 0 spiro atoms. The summed E-state index contributed by atoms with van der Waals surface area (Å²) >= 11 is 0. The summed E-state index contributed by atoms with van der Waals surface area (Å²) in [5.74, 6) is -0.121. The molecule has 1 amide bonds. The molecule has 0 saturated carbocycles. The summed E-state index contributed by atoms with van der Waals surface area (Å²) in [5, 5.41) is 11.7. The normalized spacial score (nSPS) is 14.5. The Balaban J connectivity index is 1.34. The molecule has 1 fully saturated rings. The van der Waals surface area contributed by atoms with Gasteiger partial charge in [-0.15, -0.1) is 0 Å². The highest BCUT2D eigenvalue weighted by Gasteiger charge is 2.23. The van der Waals surface area contributed by atoms with Crippen molar-refractivity contribution in [2.24, 2.45) is 0 Å². The summed E-state index contributed by atoms with van der Waals surface area (Å²) in [6, 6.07) is 6.94. The maximum absolute atomic E-state index is 12.8. The highest BCUT2D eigenvalue weighted by molar-refractivity contribution is 7.92. The lowest BCUT2D eigenvalue weighted by atomic mass is 10.1. The second-order valence-electron chi connectivity index (χ2n) is 9.07. The van der Waals surface area contributed by atoms with E-state index in [-0.39, 0.29) is 24.2 Å². The zero-order valence-electron chi connectivity index (χ0n) is 21.1. The van der Waals surface area contributed by atoms with Gasteiger partial charge in [0.15, 0.2) is 11.3 Å². The number of fused-ring (bicyclic) bond motifs is 1. The molecule has 0 bridgehead atoms. The molecule has 1 saturated heterocycles. The molecule has 3 N–H and O–H groups in total. The van der Waals surface area contributed by atoms with Gasteiger partial charge < -0.3 is 19.8 Å². The topological polar surface area (TPSA) is 153 Å². The first-order valence-corrected chi connectivity index (χ1v) is 14.2. The average Bonchev–Trinajstić information content (AvgIpc) is 3.56. The van der Waals surface area contributed by atoms with Crippen molar-refractivity contribution in [3.63, 3.8) is 0 Å². The van der Waals surface area contributed by atoms with E-state index in [4.69, 9.17) is 9.15 Å². The summed E-state index contributed by atoms with van der Waals surface area (Å²) in [5.41, 5.74) is 3.60. The number of nitrogens with zero attached hydrogens (tertiary/aromatic N) is 4. The van der Waals surface area contributed by atoms with Gasteiger partial charge >= 0.3 is 0 Å². The third-order valence-electron chi connectivity index (χ3n) is 6.21. The molecule has 1 aliphatic heterocycles. The number of pyridine rings is 1. The number of amides is 1. The number of sulfonamides is 1. The molecule has 13 heteroatoms. The van der Waals surface area contributed by atoms with Crippen LogP contribution in [0.5, 0.6) is 0 Å². The Morgan fingerprint density at radius 2 is 1.92 bits per heavy atom. The number of carbonyl (C=O) groups excluding carboxylic acids is 1. The van der Waals surface area contributed by atoms with Gasteiger partial charge in [0, 0.05) is 44.2 Å². The van der Waals surface area contributed by atoms with E-state index in [2.05, 4.69) is 30.4 Å². The molecular weight excluding hydrogens is 510 g/mol. The molecule has 1 aromatic carbocycles. The molecule has 5 rings (SSSR count). The number of rotatable bonds is 9. The van der Waals surface area contributed by atoms with E-state index < -0.39 is 15.9 Å². The fourth-order valence-electron chi connectivity index (χ4n) is 4.30. The van der Waals surface area contributed by atoms with Crippen molar-refractivity contribution in [3.05, 3.63) is 54.2 Å². The van der Waals surface area contributed by atoms with Crippen LogP contribution < -0.4 is 15.4 Å². The van der Waals surface area contributed by atoms with E-state index in [1.165, 1.54) is 6.26 Å². The standard InChI is InChI=1S/C25H29N7O5S/c1-3-32-23-19(14-28-32)22(29-17-8-10-36-11-9-17)20(13-26-23)25-30-21(15-37-25)24(33)27-12-16-4-6-18(7-5-16)31-38(2,34)35/h4-7,13-15,17,31H,3,8-12H2,1-2H3,(H,26,29)(H,27,33). The number of aromatic nitrogens is 4. The molecule has 0 unspecified atom stereocenters. The molecule has 0 radical (unpaired) electrons. The number of ether oxygens (including phenoxy) is 1. The largest absolute Gasteiger partial charge is 0.443 e. The molecule has 12 nitrogen and oxygen atoms in total. The van der Waals surface area contributed by atoms with Crippen molar-refractivity contribution in [1.82, 2.24) is 25.1 Å². The van der Waals surface area contributed by atoms with Crippen molar-refractivity contribution in [3.8, 4) is 11.5 Å². The second-order valence-corrected chi connectivity index (χ2v) is 10.8. The molecule has 3 aromatic heterocycles. The third-order valence-corrected chi connectivity index (χ3v) is 6.82. The SMILES string of the molecule is CCn1ncc2c(NC3CCOCC3)c(-c3nc(C(=O)NCc4ccc(NS(C)(=O)=O)cc4)co3)cnc21. The van der Waals surface area contributed by atoms with Crippen molar-refractivity contribution in [1.29, 1.82) is 0 Å². The number of aryl methyl sites for hydroxylation is 1. The van der Waals surface area contributed by atoms with Gasteiger partial charge in [0.25, 0.3) is 5.91 Å². The summed E-state index contributed by atoms with van der Waals surface area (Å²) in [6.45, 7) is 4.31. The predicted molar refractivity (Wildman–Crippen MR) is 142 cm³/mol. The minimum absolute atomic E-state index is 0.136. The third kappa shape index (κ3) is 5.78. The van der Waals surface area contributed by atoms with Gasteiger partial charge in [-0.05, 0) is 37.5 Å². The monoisotopic (exact) mass is 539 g/mol. The van der Waals surface area contributed by atoms with E-state index in [1.54, 1.807) is 36.7 Å². The molecule has 0 atom stereocenters. The fourth-order valence-corrected chi connectivity index (χ4v) is 4.87. The summed E-state index contributed by atoms with van der Waals surface area (Å²) in [4.78, 5) is 21.8. The van der Waals surface area contributed by atoms with Crippen LogP contribution in [0.15, 0.2) is 47.3 Å². The van der Waals surface area contributed by atoms with Crippen LogP contribution in [-0.4, -0.2) is 59.6 Å². The first-order valence-electron chi connectivity index (χ1n) is 12.3. The predicted octanol–water partition coefficient (Wildman–Crippen LogP) is 3.00. The molecule has 4 aromatic rings. The Morgan fingerprint density at radius 3 is 2.63 bits per heavy atom. The van der Waals surface area contributed by atoms with Gasteiger partial charge in [-0.1, -0.05) is 12.1 Å². The number of benzene rings is 1. The molecule has 4 heterocycles. The molecule has 1 aliphatic rings. The smallest absolute Gasteiger partial charge is 0.273 e. The van der Waals surface area contributed by atoms with E-state index in [0.717, 1.165) is 41.4 Å². The fraction of sp³-hybridized carbons (Fsp3) is 0.360. The van der Waals surface area contributed by atoms with Gasteiger partial charge in [-0.3, -0.25) is 9.52 Å². The van der Waals surface area contributed by atoms with Crippen LogP contribution in [-0.2, 0) is 27.8 Å². The lowest BCUT2D eigenvalue weighted by Crippen LogP contribution is -2.28. The second kappa shape index (κ2) is 10.8. The number of anilines is 2. The number of oxazole rings is 1. The maximum atomic E-state index is 12.8. The van der Waals surface area contributed by atoms with Crippen molar-refractivity contribution >= 4 is 38.3 Å². The zero-order chi connectivity index (χ0) is 26.7. The van der Waals surface area contributed by atoms with E-state index in [0.29, 0.717) is 31.0 Å². The highest BCUT2D eigenvalue weighted by Crippen LogP contribution is 2.34. The van der Waals surface area contributed by atoms with Crippen molar-refractivity contribution in [2.45, 2.75) is 38.9 Å². The van der Waals surface area contributed by atoms with Gasteiger partial charge in [-0.25, -0.2) is 23.1 Å². The number of nitrogens with one attached hydrogen (secondary N) is 3. The Labute approximate surface area is 219 Å². The minimum atomic E-state index is -3.35. The average molecular weight is 540 g/mol. The zero-order valence-corrected chi connectivity index (χ0v) is 21.9. The Kier molecular flexibility index (Phi) is 7.29. The van der Waals surface area contributed by atoms with E-state index in [1.807, 2.05) is 11.6 Å². The first kappa shape index (κ1) is 25.7. The molecular formula is C25H29N7O5S. The Hall–Kier alpha value is -3.97. The highest BCUT2D eigenvalue weighted by atomic mass is 32.2. The van der Waals surface area contributed by atoms with E-state index in [9.17, 15) is 13.2 Å². The minimum Gasteiger partial charge on any atom is -0.443 e. The van der Waals surface area contributed by atoms with Crippen LogP contribution >= 0.6 is 0 Å². The quantitative estimate of drug-likeness (QED) is 0.291. The molecule has 0 aliphatic carbocycles. The lowest BCUT2D eigenvalue weighted by Gasteiger charge is -2.25. The number of hydrogen-bond donors (Lipinski definition) is 3. The summed E-state index contributed by atoms with van der Waals surface area (Å²) in [6.07, 6.45) is 7.62. The van der Waals surface area contributed by atoms with Crippen LogP contribution in [0.2, 0.25) is 0 Å². The van der Waals surface area contributed by atoms with E-state index >= 15 is 0 Å². The summed E-state index contributed by atoms with van der Waals surface area (Å²) in [7, 11) is -3.35. The number of hydrogen-bond acceptors (Lipinski definition) is 9. The lowest BCUT2D eigenvalue weighted by molar-refractivity contribution is 0.0904. The Morgan fingerprint density at radius 1 is 1.16 bits per heavy atom. The van der Waals surface area contributed by atoms with Crippen LogP contribution in [0, 0.1) is 0 Å². The molecule has 38 heavy (non-hydrogen) atoms. The van der Waals surface area contributed by atoms with Crippen LogP contribution in [0.1, 0.15) is 35.8 Å². The van der Waals surface area contributed by atoms with Crippen LogP contribution in [0.4, 0.5) is 11.4 Å². The summed E-state index contributed by atoms with van der Waals surface area (Å²) < 4.78 is 38.2. The van der Waals surface area contributed by atoms with Gasteiger partial charge in [0.05, 0.1) is 29.1 Å². The maximum Gasteiger partial charge on any atom is 0.273 e. The number of carbonyl (C=O) groups is 1. The van der Waals surface area contributed by atoms with Gasteiger partial charge in [0.1, 0.15) is 6.26 Å². The first-order chi connectivity index (χ1) is 18.3. The molecule has 200 valence electrons. The van der Waals surface area contributed by atoms with Crippen molar-refractivity contribution < 1.29 is 22.4 Å². The van der Waals surface area contributed by atoms with Gasteiger partial charge in [0.2, 0.25) is 15.9 Å². The van der Waals surface area contributed by atoms with Gasteiger partial charge in [-0.2, -0.15) is 5.10 Å². The van der Waals surface area contributed by atoms with Crippen LogP contribution in [0.25, 0.3) is 22.5 Å².